The van der Waals surface area contributed by atoms with Gasteiger partial charge in [-0.2, -0.15) is 0 Å². The lowest BCUT2D eigenvalue weighted by atomic mass is 9.92. The molecular formula is C16H23ClF2N2O. The average molecular weight is 333 g/mol. The molecule has 1 aromatic rings. The Balaban J connectivity index is 0.00000242. The smallest absolute Gasteiger partial charge is 0.223 e. The highest BCUT2D eigenvalue weighted by Gasteiger charge is 2.26. The van der Waals surface area contributed by atoms with Gasteiger partial charge in [-0.1, -0.05) is 19.9 Å². The molecule has 1 fully saturated rings. The minimum absolute atomic E-state index is 0. The maximum Gasteiger partial charge on any atom is 0.223 e. The summed E-state index contributed by atoms with van der Waals surface area (Å²) in [6, 6.07) is 3.07. The van der Waals surface area contributed by atoms with Crippen LogP contribution in [0.2, 0.25) is 0 Å². The Bertz CT molecular complexity index is 505. The Morgan fingerprint density at radius 2 is 1.91 bits per heavy atom. The molecule has 1 aliphatic heterocycles. The van der Waals surface area contributed by atoms with Gasteiger partial charge < -0.3 is 10.6 Å². The number of carbonyl (C=O) groups is 1. The fraction of sp³-hybridized carbons (Fsp3) is 0.562. The van der Waals surface area contributed by atoms with Crippen LogP contribution in [-0.2, 0) is 4.79 Å². The van der Waals surface area contributed by atoms with Crippen molar-refractivity contribution in [2.45, 2.75) is 32.7 Å². The van der Waals surface area contributed by atoms with E-state index in [-0.39, 0.29) is 30.2 Å². The maximum absolute atomic E-state index is 14.0. The summed E-state index contributed by atoms with van der Waals surface area (Å²) in [5, 5.41) is 6.14. The molecular weight excluding hydrogens is 310 g/mol. The van der Waals surface area contributed by atoms with Crippen molar-refractivity contribution >= 4 is 18.3 Å². The Morgan fingerprint density at radius 1 is 1.27 bits per heavy atom. The zero-order valence-corrected chi connectivity index (χ0v) is 13.7. The number of nitrogens with one attached hydrogen (secondary N) is 2. The first-order valence-electron chi connectivity index (χ1n) is 7.45. The van der Waals surface area contributed by atoms with E-state index in [1.54, 1.807) is 0 Å². The highest BCUT2D eigenvalue weighted by atomic mass is 35.5. The molecule has 0 aromatic heterocycles. The monoisotopic (exact) mass is 332 g/mol. The minimum Gasteiger partial charge on any atom is -0.349 e. The summed E-state index contributed by atoms with van der Waals surface area (Å²) in [6.45, 7) is 5.48. The third-order valence-electron chi connectivity index (χ3n) is 3.97. The van der Waals surface area contributed by atoms with Gasteiger partial charge in [-0.3, -0.25) is 4.79 Å². The Hall–Kier alpha value is -1.20. The SMILES string of the molecule is CC(C)C(NC(=O)C1CCNCC1)c1ccc(F)cc1F.Cl. The molecule has 1 atom stereocenters. The van der Waals surface area contributed by atoms with Crippen molar-refractivity contribution in [1.82, 2.24) is 10.6 Å². The van der Waals surface area contributed by atoms with Crippen molar-refractivity contribution in [3.05, 3.63) is 35.4 Å². The van der Waals surface area contributed by atoms with Gasteiger partial charge in [0.1, 0.15) is 11.6 Å². The summed E-state index contributed by atoms with van der Waals surface area (Å²) >= 11 is 0. The lowest BCUT2D eigenvalue weighted by Crippen LogP contribution is -2.41. The maximum atomic E-state index is 14.0. The van der Waals surface area contributed by atoms with E-state index in [2.05, 4.69) is 10.6 Å². The highest BCUT2D eigenvalue weighted by Crippen LogP contribution is 2.26. The van der Waals surface area contributed by atoms with E-state index in [0.29, 0.717) is 5.56 Å². The first kappa shape index (κ1) is 18.8. The molecule has 1 amide bonds. The van der Waals surface area contributed by atoms with Gasteiger partial charge in [0.15, 0.2) is 0 Å². The van der Waals surface area contributed by atoms with Crippen LogP contribution in [0.15, 0.2) is 18.2 Å². The molecule has 1 heterocycles. The van der Waals surface area contributed by atoms with Gasteiger partial charge >= 0.3 is 0 Å². The molecule has 0 radical (unpaired) electrons. The first-order chi connectivity index (χ1) is 9.99. The Morgan fingerprint density at radius 3 is 2.45 bits per heavy atom. The molecule has 1 unspecified atom stereocenters. The second-order valence-electron chi connectivity index (χ2n) is 5.92. The number of benzene rings is 1. The van der Waals surface area contributed by atoms with Crippen LogP contribution >= 0.6 is 12.4 Å². The molecule has 0 spiro atoms. The molecule has 22 heavy (non-hydrogen) atoms. The normalized spacial score (nSPS) is 17.0. The lowest BCUT2D eigenvalue weighted by Gasteiger charge is -2.28. The van der Waals surface area contributed by atoms with Crippen LogP contribution in [-0.4, -0.2) is 19.0 Å². The van der Waals surface area contributed by atoms with Gasteiger partial charge in [-0.05, 0) is 37.9 Å². The Kier molecular flexibility index (Phi) is 7.23. The van der Waals surface area contributed by atoms with Crippen molar-refractivity contribution in [1.29, 1.82) is 0 Å². The molecule has 1 saturated heterocycles. The van der Waals surface area contributed by atoms with Crippen molar-refractivity contribution in [3.8, 4) is 0 Å². The number of hydrogen-bond donors (Lipinski definition) is 2. The van der Waals surface area contributed by atoms with Crippen molar-refractivity contribution < 1.29 is 13.6 Å². The molecule has 0 saturated carbocycles. The largest absolute Gasteiger partial charge is 0.349 e. The fourth-order valence-electron chi connectivity index (χ4n) is 2.71. The van der Waals surface area contributed by atoms with E-state index in [1.807, 2.05) is 13.8 Å². The number of halogens is 3. The summed E-state index contributed by atoms with van der Waals surface area (Å²) in [5.74, 6) is -1.27. The quantitative estimate of drug-likeness (QED) is 0.889. The van der Waals surface area contributed by atoms with Crippen LogP contribution in [0.3, 0.4) is 0 Å². The van der Waals surface area contributed by atoms with Crippen LogP contribution in [0.25, 0.3) is 0 Å². The predicted molar refractivity (Wildman–Crippen MR) is 84.9 cm³/mol. The van der Waals surface area contributed by atoms with Crippen LogP contribution in [0.4, 0.5) is 8.78 Å². The van der Waals surface area contributed by atoms with E-state index in [0.717, 1.165) is 32.0 Å². The van der Waals surface area contributed by atoms with E-state index in [9.17, 15) is 13.6 Å². The number of rotatable bonds is 4. The summed E-state index contributed by atoms with van der Waals surface area (Å²) in [7, 11) is 0. The standard InChI is InChI=1S/C16H22F2N2O.ClH/c1-10(2)15(13-4-3-12(17)9-14(13)18)20-16(21)11-5-7-19-8-6-11;/h3-4,9-11,15,19H,5-8H2,1-2H3,(H,20,21);1H. The molecule has 124 valence electrons. The third-order valence-corrected chi connectivity index (χ3v) is 3.97. The van der Waals surface area contributed by atoms with Crippen LogP contribution < -0.4 is 10.6 Å². The second kappa shape index (κ2) is 8.44. The van der Waals surface area contributed by atoms with Gasteiger partial charge in [0.05, 0.1) is 6.04 Å². The molecule has 0 aliphatic carbocycles. The molecule has 2 N–H and O–H groups in total. The van der Waals surface area contributed by atoms with Crippen LogP contribution in [0.1, 0.15) is 38.3 Å². The van der Waals surface area contributed by atoms with Gasteiger partial charge in [-0.25, -0.2) is 8.78 Å². The molecule has 6 heteroatoms. The molecule has 1 aromatic carbocycles. The highest BCUT2D eigenvalue weighted by molar-refractivity contribution is 5.85. The molecule has 2 rings (SSSR count). The topological polar surface area (TPSA) is 41.1 Å². The van der Waals surface area contributed by atoms with Gasteiger partial charge in [-0.15, -0.1) is 12.4 Å². The summed E-state index contributed by atoms with van der Waals surface area (Å²) in [4.78, 5) is 12.3. The Labute approximate surface area is 136 Å². The number of hydrogen-bond acceptors (Lipinski definition) is 2. The van der Waals surface area contributed by atoms with Gasteiger partial charge in [0.2, 0.25) is 5.91 Å². The van der Waals surface area contributed by atoms with Gasteiger partial charge in [0.25, 0.3) is 0 Å². The first-order valence-corrected chi connectivity index (χ1v) is 7.45. The molecule has 3 nitrogen and oxygen atoms in total. The van der Waals surface area contributed by atoms with Crippen molar-refractivity contribution in [2.24, 2.45) is 11.8 Å². The lowest BCUT2D eigenvalue weighted by molar-refractivity contribution is -0.126. The zero-order chi connectivity index (χ0) is 15.4. The van der Waals surface area contributed by atoms with Crippen molar-refractivity contribution in [3.63, 3.8) is 0 Å². The fourth-order valence-corrected chi connectivity index (χ4v) is 2.71. The van der Waals surface area contributed by atoms with Crippen molar-refractivity contribution in [2.75, 3.05) is 13.1 Å². The number of piperidine rings is 1. The third kappa shape index (κ3) is 4.65. The predicted octanol–water partition coefficient (Wildman–Crippen LogP) is 3.20. The van der Waals surface area contributed by atoms with E-state index in [1.165, 1.54) is 12.1 Å². The molecule has 0 bridgehead atoms. The molecule has 1 aliphatic rings. The average Bonchev–Trinajstić information content (AvgIpc) is 2.46. The van der Waals surface area contributed by atoms with Gasteiger partial charge in [0, 0.05) is 17.5 Å². The number of carbonyl (C=O) groups excluding carboxylic acids is 1. The van der Waals surface area contributed by atoms with Crippen LogP contribution in [0, 0.1) is 23.5 Å². The number of amides is 1. The second-order valence-corrected chi connectivity index (χ2v) is 5.92. The summed E-state index contributed by atoms with van der Waals surface area (Å²) < 4.78 is 27.0. The minimum atomic E-state index is -0.612. The van der Waals surface area contributed by atoms with E-state index in [4.69, 9.17) is 0 Å². The van der Waals surface area contributed by atoms with E-state index >= 15 is 0 Å². The summed E-state index contributed by atoms with van der Waals surface area (Å²) in [5.41, 5.74) is 0.341. The van der Waals surface area contributed by atoms with E-state index < -0.39 is 17.7 Å². The zero-order valence-electron chi connectivity index (χ0n) is 12.9. The van der Waals surface area contributed by atoms with Crippen LogP contribution in [0.5, 0.6) is 0 Å². The summed E-state index contributed by atoms with van der Waals surface area (Å²) in [6.07, 6.45) is 1.59.